The van der Waals surface area contributed by atoms with Gasteiger partial charge in [0.15, 0.2) is 0 Å². The van der Waals surface area contributed by atoms with Crippen molar-refractivity contribution in [3.8, 4) is 0 Å². The molecule has 2 rings (SSSR count). The number of hydrogen-bond acceptors (Lipinski definition) is 3. The molecule has 2 nitrogen and oxygen atoms in total. The molecule has 0 amide bonds. The number of benzene rings is 1. The fourth-order valence-electron chi connectivity index (χ4n) is 2.91. The van der Waals surface area contributed by atoms with E-state index in [0.29, 0.717) is 16.4 Å². The van der Waals surface area contributed by atoms with Gasteiger partial charge in [0.05, 0.1) is 5.69 Å². The molecule has 2 atom stereocenters. The van der Waals surface area contributed by atoms with Gasteiger partial charge in [-0.05, 0) is 24.1 Å². The number of para-hydroxylation sites is 1. The average Bonchev–Trinajstić information content (AvgIpc) is 2.37. The highest BCUT2D eigenvalue weighted by atomic mass is 32.2. The van der Waals surface area contributed by atoms with Gasteiger partial charge in [0, 0.05) is 30.1 Å². The lowest BCUT2D eigenvalue weighted by atomic mass is 10.1. The minimum absolute atomic E-state index is 0.0925. The molecule has 21 heavy (non-hydrogen) atoms. The van der Waals surface area contributed by atoms with Gasteiger partial charge in [0.25, 0.3) is 0 Å². The summed E-state index contributed by atoms with van der Waals surface area (Å²) >= 11 is 1.99. The van der Waals surface area contributed by atoms with E-state index < -0.39 is 0 Å². The van der Waals surface area contributed by atoms with Crippen LogP contribution in [0.5, 0.6) is 0 Å². The van der Waals surface area contributed by atoms with Crippen LogP contribution in [0.1, 0.15) is 33.3 Å². The van der Waals surface area contributed by atoms with Crippen LogP contribution in [0.25, 0.3) is 0 Å². The Balaban J connectivity index is 2.16. The second kappa shape index (κ2) is 7.50. The second-order valence-corrected chi connectivity index (χ2v) is 8.32. The molecular formula is C17H27FN2S. The first-order valence-corrected chi connectivity index (χ1v) is 8.80. The van der Waals surface area contributed by atoms with Crippen LogP contribution in [0.15, 0.2) is 18.2 Å². The van der Waals surface area contributed by atoms with E-state index in [1.165, 1.54) is 0 Å². The molecule has 1 N–H and O–H groups in total. The highest BCUT2D eigenvalue weighted by Crippen LogP contribution is 2.32. The summed E-state index contributed by atoms with van der Waals surface area (Å²) in [5.74, 6) is 0.513. The van der Waals surface area contributed by atoms with Gasteiger partial charge in [-0.25, -0.2) is 4.39 Å². The van der Waals surface area contributed by atoms with Crippen LogP contribution in [0.2, 0.25) is 0 Å². The lowest BCUT2D eigenvalue weighted by molar-refractivity contribution is 0.548. The largest absolute Gasteiger partial charge is 0.367 e. The number of anilines is 1. The molecule has 1 aliphatic rings. The van der Waals surface area contributed by atoms with E-state index in [4.69, 9.17) is 0 Å². The quantitative estimate of drug-likeness (QED) is 0.888. The van der Waals surface area contributed by atoms with E-state index in [1.807, 2.05) is 23.9 Å². The zero-order valence-corrected chi connectivity index (χ0v) is 14.3. The summed E-state index contributed by atoms with van der Waals surface area (Å²) < 4.78 is 14.4. The summed E-state index contributed by atoms with van der Waals surface area (Å²) in [4.78, 5) is 2.23. The highest BCUT2D eigenvalue weighted by Gasteiger charge is 2.25. The van der Waals surface area contributed by atoms with Crippen LogP contribution in [-0.4, -0.2) is 30.1 Å². The maximum Gasteiger partial charge on any atom is 0.146 e. The molecule has 1 fully saturated rings. The number of nitrogens with zero attached hydrogens (tertiary/aromatic N) is 1. The van der Waals surface area contributed by atoms with Crippen LogP contribution in [-0.2, 0) is 6.54 Å². The van der Waals surface area contributed by atoms with Crippen LogP contribution in [0.4, 0.5) is 10.1 Å². The van der Waals surface area contributed by atoms with Crippen molar-refractivity contribution in [2.75, 3.05) is 24.5 Å². The first-order chi connectivity index (χ1) is 9.97. The zero-order chi connectivity index (χ0) is 15.4. The molecule has 118 valence electrons. The first kappa shape index (κ1) is 16.6. The fraction of sp³-hybridized carbons (Fsp3) is 0.647. The number of halogens is 1. The Kier molecular flexibility index (Phi) is 5.94. The summed E-state index contributed by atoms with van der Waals surface area (Å²) in [6, 6.07) is 5.44. The van der Waals surface area contributed by atoms with Crippen LogP contribution < -0.4 is 10.2 Å². The van der Waals surface area contributed by atoms with Crippen molar-refractivity contribution in [1.82, 2.24) is 5.32 Å². The molecule has 2 unspecified atom stereocenters. The van der Waals surface area contributed by atoms with Gasteiger partial charge in [-0.1, -0.05) is 39.8 Å². The fourth-order valence-corrected chi connectivity index (χ4v) is 4.24. The van der Waals surface area contributed by atoms with Crippen LogP contribution >= 0.6 is 11.8 Å². The molecule has 0 spiro atoms. The van der Waals surface area contributed by atoms with Gasteiger partial charge in [-0.15, -0.1) is 0 Å². The van der Waals surface area contributed by atoms with Gasteiger partial charge < -0.3 is 10.2 Å². The number of hydrogen-bond donors (Lipinski definition) is 1. The van der Waals surface area contributed by atoms with Crippen molar-refractivity contribution in [2.24, 2.45) is 5.92 Å². The molecule has 1 saturated heterocycles. The maximum absolute atomic E-state index is 14.4. The van der Waals surface area contributed by atoms with Gasteiger partial charge in [-0.3, -0.25) is 0 Å². The Morgan fingerprint density at radius 3 is 2.57 bits per heavy atom. The maximum atomic E-state index is 14.4. The standard InChI is InChI=1S/C17H27FN2S/c1-12(2)8-19-9-15-6-5-7-16(18)17(15)20-10-13(3)21-14(4)11-20/h5-7,12-14,19H,8-11H2,1-4H3. The van der Waals surface area contributed by atoms with E-state index in [2.05, 4.69) is 37.9 Å². The minimum Gasteiger partial charge on any atom is -0.367 e. The summed E-state index contributed by atoms with van der Waals surface area (Å²) in [6.07, 6.45) is 0. The van der Waals surface area contributed by atoms with Crippen molar-refractivity contribution in [3.63, 3.8) is 0 Å². The highest BCUT2D eigenvalue weighted by molar-refractivity contribution is 8.00. The average molecular weight is 310 g/mol. The SMILES string of the molecule is CC(C)CNCc1cccc(F)c1N1CC(C)SC(C)C1. The summed E-state index contributed by atoms with van der Waals surface area (Å²) in [7, 11) is 0. The molecule has 1 aromatic rings. The van der Waals surface area contributed by atoms with E-state index in [1.54, 1.807) is 6.07 Å². The first-order valence-electron chi connectivity index (χ1n) is 7.86. The van der Waals surface area contributed by atoms with Crippen LogP contribution in [0.3, 0.4) is 0 Å². The number of thioether (sulfide) groups is 1. The molecule has 4 heteroatoms. The molecule has 0 aromatic heterocycles. The molecule has 0 saturated carbocycles. The van der Waals surface area contributed by atoms with Crippen molar-refractivity contribution >= 4 is 17.4 Å². The van der Waals surface area contributed by atoms with E-state index in [-0.39, 0.29) is 5.82 Å². The van der Waals surface area contributed by atoms with Gasteiger partial charge >= 0.3 is 0 Å². The van der Waals surface area contributed by atoms with Crippen molar-refractivity contribution < 1.29 is 4.39 Å². The third-order valence-corrected chi connectivity index (χ3v) is 4.90. The molecule has 0 aliphatic carbocycles. The third-order valence-electron chi connectivity index (χ3n) is 3.67. The van der Waals surface area contributed by atoms with Gasteiger partial charge in [-0.2, -0.15) is 11.8 Å². The Morgan fingerprint density at radius 2 is 1.95 bits per heavy atom. The third kappa shape index (κ3) is 4.62. The summed E-state index contributed by atoms with van der Waals surface area (Å²) in [5, 5.41) is 4.52. The predicted octanol–water partition coefficient (Wildman–Crippen LogP) is 3.90. The minimum atomic E-state index is -0.0925. The van der Waals surface area contributed by atoms with Crippen molar-refractivity contribution in [3.05, 3.63) is 29.6 Å². The smallest absolute Gasteiger partial charge is 0.146 e. The predicted molar refractivity (Wildman–Crippen MR) is 91.7 cm³/mol. The number of nitrogens with one attached hydrogen (secondary N) is 1. The Morgan fingerprint density at radius 1 is 1.29 bits per heavy atom. The summed E-state index contributed by atoms with van der Waals surface area (Å²) in [5.41, 5.74) is 1.87. The lowest BCUT2D eigenvalue weighted by Crippen LogP contribution is -2.41. The Hall–Kier alpha value is -0.740. The number of rotatable bonds is 5. The Labute approximate surface area is 132 Å². The van der Waals surface area contributed by atoms with Gasteiger partial charge in [0.1, 0.15) is 5.82 Å². The Bertz CT molecular complexity index is 454. The molecule has 1 aromatic carbocycles. The molecular weight excluding hydrogens is 283 g/mol. The topological polar surface area (TPSA) is 15.3 Å². The molecule has 0 bridgehead atoms. The van der Waals surface area contributed by atoms with E-state index in [0.717, 1.165) is 37.4 Å². The van der Waals surface area contributed by atoms with Crippen molar-refractivity contribution in [1.29, 1.82) is 0 Å². The van der Waals surface area contributed by atoms with E-state index >= 15 is 0 Å². The lowest BCUT2D eigenvalue weighted by Gasteiger charge is -2.37. The molecule has 1 heterocycles. The van der Waals surface area contributed by atoms with Gasteiger partial charge in [0.2, 0.25) is 0 Å². The summed E-state index contributed by atoms with van der Waals surface area (Å²) in [6.45, 7) is 12.4. The molecule has 0 radical (unpaired) electrons. The van der Waals surface area contributed by atoms with Crippen molar-refractivity contribution in [2.45, 2.75) is 44.7 Å². The second-order valence-electron chi connectivity index (χ2n) is 6.43. The van der Waals surface area contributed by atoms with Crippen LogP contribution in [0, 0.1) is 11.7 Å². The van der Waals surface area contributed by atoms with E-state index in [9.17, 15) is 4.39 Å². The zero-order valence-electron chi connectivity index (χ0n) is 13.5. The monoisotopic (exact) mass is 310 g/mol. The normalized spacial score (nSPS) is 22.9. The molecule has 1 aliphatic heterocycles.